The van der Waals surface area contributed by atoms with Gasteiger partial charge in [0.05, 0.1) is 6.33 Å². The minimum atomic E-state index is 0.968. The number of nitrogens with zero attached hydrogens (tertiary/aromatic N) is 2. The van der Waals surface area contributed by atoms with Gasteiger partial charge in [-0.1, -0.05) is 22.0 Å². The number of aromatic nitrogens is 2. The maximum absolute atomic E-state index is 4.02. The van der Waals surface area contributed by atoms with E-state index >= 15 is 0 Å². The normalized spacial score (nSPS) is 10.5. The van der Waals surface area contributed by atoms with Crippen LogP contribution in [0.3, 0.4) is 0 Å². The molecule has 0 saturated heterocycles. The lowest BCUT2D eigenvalue weighted by molar-refractivity contribution is 0.660. The molecule has 0 aliphatic carbocycles. The van der Waals surface area contributed by atoms with Crippen LogP contribution in [0.5, 0.6) is 0 Å². The van der Waals surface area contributed by atoms with Crippen LogP contribution >= 0.6 is 15.9 Å². The summed E-state index contributed by atoms with van der Waals surface area (Å²) in [6.07, 6.45) is 6.74. The first-order chi connectivity index (χ1) is 8.25. The highest BCUT2D eigenvalue weighted by molar-refractivity contribution is 9.10. The second-order valence-electron chi connectivity index (χ2n) is 4.04. The van der Waals surface area contributed by atoms with Crippen LogP contribution in [0.4, 0.5) is 5.69 Å². The highest BCUT2D eigenvalue weighted by atomic mass is 79.9. The van der Waals surface area contributed by atoms with Crippen molar-refractivity contribution in [2.24, 2.45) is 0 Å². The zero-order valence-corrected chi connectivity index (χ0v) is 11.4. The Balaban J connectivity index is 1.80. The third-order valence-corrected chi connectivity index (χ3v) is 3.16. The summed E-state index contributed by atoms with van der Waals surface area (Å²) in [5.74, 6) is 0. The van der Waals surface area contributed by atoms with Crippen LogP contribution in [0.25, 0.3) is 0 Å². The Bertz CT molecular complexity index is 466. The number of anilines is 1. The largest absolute Gasteiger partial charge is 0.385 e. The summed E-state index contributed by atoms with van der Waals surface area (Å²) >= 11 is 3.48. The molecule has 0 bridgehead atoms. The van der Waals surface area contributed by atoms with Crippen molar-refractivity contribution in [3.05, 3.63) is 47.0 Å². The second-order valence-corrected chi connectivity index (χ2v) is 4.96. The van der Waals surface area contributed by atoms with Gasteiger partial charge in [-0.15, -0.1) is 0 Å². The standard InChI is InChI=1S/C13H16BrN3/c1-11-3-4-12(14)9-13(11)16-5-2-7-17-8-6-15-10-17/h3-4,6,8-10,16H,2,5,7H2,1H3. The molecule has 0 atom stereocenters. The molecule has 2 aromatic rings. The first-order valence-electron chi connectivity index (χ1n) is 5.71. The number of rotatable bonds is 5. The van der Waals surface area contributed by atoms with Crippen molar-refractivity contribution in [2.45, 2.75) is 19.9 Å². The zero-order valence-electron chi connectivity index (χ0n) is 9.86. The lowest BCUT2D eigenvalue weighted by Crippen LogP contribution is -2.06. The fourth-order valence-electron chi connectivity index (χ4n) is 1.69. The van der Waals surface area contributed by atoms with E-state index in [0.717, 1.165) is 24.0 Å². The zero-order chi connectivity index (χ0) is 12.1. The van der Waals surface area contributed by atoms with E-state index in [0.29, 0.717) is 0 Å². The predicted octanol–water partition coefficient (Wildman–Crippen LogP) is 3.46. The molecule has 3 nitrogen and oxygen atoms in total. The van der Waals surface area contributed by atoms with Crippen molar-refractivity contribution in [1.82, 2.24) is 9.55 Å². The summed E-state index contributed by atoms with van der Waals surface area (Å²) < 4.78 is 3.20. The lowest BCUT2D eigenvalue weighted by atomic mass is 10.2. The van der Waals surface area contributed by atoms with Gasteiger partial charge in [-0.05, 0) is 31.0 Å². The number of benzene rings is 1. The average Bonchev–Trinajstić information content (AvgIpc) is 2.82. The molecule has 1 N–H and O–H groups in total. The molecule has 0 spiro atoms. The molecule has 0 amide bonds. The van der Waals surface area contributed by atoms with Crippen molar-refractivity contribution in [3.8, 4) is 0 Å². The van der Waals surface area contributed by atoms with Crippen molar-refractivity contribution in [1.29, 1.82) is 0 Å². The average molecular weight is 294 g/mol. The van der Waals surface area contributed by atoms with E-state index < -0.39 is 0 Å². The highest BCUT2D eigenvalue weighted by Crippen LogP contribution is 2.20. The van der Waals surface area contributed by atoms with Crippen molar-refractivity contribution >= 4 is 21.6 Å². The van der Waals surface area contributed by atoms with Gasteiger partial charge in [0, 0.05) is 35.6 Å². The van der Waals surface area contributed by atoms with Gasteiger partial charge in [0.15, 0.2) is 0 Å². The van der Waals surface area contributed by atoms with Crippen LogP contribution in [0.2, 0.25) is 0 Å². The molecule has 0 aliphatic heterocycles. The monoisotopic (exact) mass is 293 g/mol. The van der Waals surface area contributed by atoms with Gasteiger partial charge >= 0.3 is 0 Å². The van der Waals surface area contributed by atoms with Gasteiger partial charge in [-0.3, -0.25) is 0 Å². The molecule has 1 aromatic carbocycles. The lowest BCUT2D eigenvalue weighted by Gasteiger charge is -2.10. The minimum absolute atomic E-state index is 0.968. The van der Waals surface area contributed by atoms with Gasteiger partial charge in [0.25, 0.3) is 0 Å². The predicted molar refractivity (Wildman–Crippen MR) is 74.2 cm³/mol. The fraction of sp³-hybridized carbons (Fsp3) is 0.308. The number of nitrogens with one attached hydrogen (secondary N) is 1. The first kappa shape index (κ1) is 12.2. The van der Waals surface area contributed by atoms with E-state index in [9.17, 15) is 0 Å². The fourth-order valence-corrected chi connectivity index (χ4v) is 2.05. The Kier molecular flexibility index (Phi) is 4.20. The number of aryl methyl sites for hydroxylation is 2. The molecule has 0 fully saturated rings. The Morgan fingerprint density at radius 1 is 1.41 bits per heavy atom. The van der Waals surface area contributed by atoms with Crippen LogP contribution in [0.1, 0.15) is 12.0 Å². The number of halogens is 1. The molecule has 0 unspecified atom stereocenters. The summed E-state index contributed by atoms with van der Waals surface area (Å²) in [4.78, 5) is 4.02. The SMILES string of the molecule is Cc1ccc(Br)cc1NCCCn1ccnc1. The van der Waals surface area contributed by atoms with Crippen LogP contribution in [0, 0.1) is 6.92 Å². The smallest absolute Gasteiger partial charge is 0.0945 e. The second kappa shape index (κ2) is 5.87. The number of hydrogen-bond acceptors (Lipinski definition) is 2. The first-order valence-corrected chi connectivity index (χ1v) is 6.51. The van der Waals surface area contributed by atoms with E-state index in [1.807, 2.05) is 18.7 Å². The summed E-state index contributed by atoms with van der Waals surface area (Å²) in [5.41, 5.74) is 2.47. The van der Waals surface area contributed by atoms with Crippen molar-refractivity contribution in [2.75, 3.05) is 11.9 Å². The van der Waals surface area contributed by atoms with Gasteiger partial charge < -0.3 is 9.88 Å². The summed E-state index contributed by atoms with van der Waals surface area (Å²) in [5, 5.41) is 3.45. The Labute approximate surface area is 110 Å². The van der Waals surface area contributed by atoms with E-state index in [4.69, 9.17) is 0 Å². The van der Waals surface area contributed by atoms with Gasteiger partial charge in [0.1, 0.15) is 0 Å². The van der Waals surface area contributed by atoms with Gasteiger partial charge in [-0.25, -0.2) is 4.98 Å². The highest BCUT2D eigenvalue weighted by Gasteiger charge is 1.98. The molecular weight excluding hydrogens is 278 g/mol. The maximum Gasteiger partial charge on any atom is 0.0945 e. The third-order valence-electron chi connectivity index (χ3n) is 2.67. The van der Waals surface area contributed by atoms with E-state index in [1.165, 1.54) is 11.3 Å². The number of imidazole rings is 1. The Hall–Kier alpha value is -1.29. The van der Waals surface area contributed by atoms with Gasteiger partial charge in [-0.2, -0.15) is 0 Å². The molecule has 17 heavy (non-hydrogen) atoms. The quantitative estimate of drug-likeness (QED) is 0.856. The Morgan fingerprint density at radius 2 is 2.29 bits per heavy atom. The maximum atomic E-state index is 4.02. The summed E-state index contributed by atoms with van der Waals surface area (Å²) in [6, 6.07) is 6.29. The van der Waals surface area contributed by atoms with Gasteiger partial charge in [0.2, 0.25) is 0 Å². The Morgan fingerprint density at radius 3 is 3.06 bits per heavy atom. The summed E-state index contributed by atoms with van der Waals surface area (Å²) in [6.45, 7) is 4.08. The van der Waals surface area contributed by atoms with Crippen LogP contribution in [0.15, 0.2) is 41.4 Å². The summed E-state index contributed by atoms with van der Waals surface area (Å²) in [7, 11) is 0. The van der Waals surface area contributed by atoms with Crippen LogP contribution in [-0.2, 0) is 6.54 Å². The van der Waals surface area contributed by atoms with Crippen LogP contribution in [-0.4, -0.2) is 16.1 Å². The minimum Gasteiger partial charge on any atom is -0.385 e. The molecular formula is C13H16BrN3. The van der Waals surface area contributed by atoms with Crippen molar-refractivity contribution < 1.29 is 0 Å². The molecule has 0 radical (unpaired) electrons. The molecule has 4 heteroatoms. The molecule has 1 aromatic heterocycles. The third kappa shape index (κ3) is 3.60. The van der Waals surface area contributed by atoms with Crippen LogP contribution < -0.4 is 5.32 Å². The molecule has 0 saturated carbocycles. The topological polar surface area (TPSA) is 29.9 Å². The van der Waals surface area contributed by atoms with E-state index in [1.54, 1.807) is 0 Å². The number of hydrogen-bond donors (Lipinski definition) is 1. The van der Waals surface area contributed by atoms with E-state index in [-0.39, 0.29) is 0 Å². The molecule has 0 aliphatic rings. The molecule has 1 heterocycles. The molecule has 2 rings (SSSR count). The van der Waals surface area contributed by atoms with E-state index in [2.05, 4.69) is 55.9 Å². The van der Waals surface area contributed by atoms with Crippen molar-refractivity contribution in [3.63, 3.8) is 0 Å². The molecule has 90 valence electrons.